The standard InChI is InChI=1S/C21H33N3O2/c1-23(2)14-17-7-9-18(10-8-17)19-6-4-13-24(19)20(25)22-15-21(16-26-3)11-5-12-21/h7-10,19H,4-6,11-16H2,1-3H3,(H,22,25)/t19-/m1/s1. The van der Waals surface area contributed by atoms with Crippen LogP contribution in [0.1, 0.15) is 49.3 Å². The zero-order chi connectivity index (χ0) is 18.6. The van der Waals surface area contributed by atoms with Gasteiger partial charge in [0.25, 0.3) is 0 Å². The number of hydrogen-bond donors (Lipinski definition) is 1. The fraction of sp³-hybridized carbons (Fsp3) is 0.667. The van der Waals surface area contributed by atoms with Crippen LogP contribution in [0.2, 0.25) is 0 Å². The Hall–Kier alpha value is -1.59. The van der Waals surface area contributed by atoms with Gasteiger partial charge in [0.1, 0.15) is 0 Å². The van der Waals surface area contributed by atoms with Gasteiger partial charge in [-0.2, -0.15) is 0 Å². The molecule has 26 heavy (non-hydrogen) atoms. The van der Waals surface area contributed by atoms with Crippen LogP contribution in [0.15, 0.2) is 24.3 Å². The number of likely N-dealkylation sites (tertiary alicyclic amines) is 1. The van der Waals surface area contributed by atoms with Crippen molar-refractivity contribution in [1.29, 1.82) is 0 Å². The summed E-state index contributed by atoms with van der Waals surface area (Å²) in [5.74, 6) is 0. The molecular weight excluding hydrogens is 326 g/mol. The summed E-state index contributed by atoms with van der Waals surface area (Å²) in [5, 5.41) is 3.19. The molecule has 0 aromatic heterocycles. The molecule has 5 heteroatoms. The maximum Gasteiger partial charge on any atom is 0.317 e. The Balaban J connectivity index is 1.59. The SMILES string of the molecule is COCC1(CNC(=O)N2CCC[C@@H]2c2ccc(CN(C)C)cc2)CCC1. The highest BCUT2D eigenvalue weighted by molar-refractivity contribution is 5.75. The lowest BCUT2D eigenvalue weighted by Crippen LogP contribution is -2.48. The van der Waals surface area contributed by atoms with Gasteiger partial charge in [0.15, 0.2) is 0 Å². The van der Waals surface area contributed by atoms with E-state index >= 15 is 0 Å². The van der Waals surface area contributed by atoms with Crippen molar-refractivity contribution < 1.29 is 9.53 Å². The molecule has 2 aliphatic rings. The largest absolute Gasteiger partial charge is 0.384 e. The van der Waals surface area contributed by atoms with Crippen LogP contribution >= 0.6 is 0 Å². The maximum absolute atomic E-state index is 12.8. The Morgan fingerprint density at radius 1 is 1.27 bits per heavy atom. The van der Waals surface area contributed by atoms with Crippen LogP contribution in [0.4, 0.5) is 4.79 Å². The summed E-state index contributed by atoms with van der Waals surface area (Å²) in [6.45, 7) is 3.25. The molecule has 1 saturated carbocycles. The molecule has 1 aliphatic heterocycles. The van der Waals surface area contributed by atoms with Crippen molar-refractivity contribution in [3.63, 3.8) is 0 Å². The number of ether oxygens (including phenoxy) is 1. The summed E-state index contributed by atoms with van der Waals surface area (Å²) >= 11 is 0. The van der Waals surface area contributed by atoms with Crippen molar-refractivity contribution in [3.8, 4) is 0 Å². The number of hydrogen-bond acceptors (Lipinski definition) is 3. The first kappa shape index (κ1) is 19.2. The van der Waals surface area contributed by atoms with Crippen molar-refractivity contribution in [2.24, 2.45) is 5.41 Å². The molecule has 2 amide bonds. The minimum Gasteiger partial charge on any atom is -0.384 e. The summed E-state index contributed by atoms with van der Waals surface area (Å²) in [6.07, 6.45) is 5.66. The van der Waals surface area contributed by atoms with Crippen LogP contribution < -0.4 is 5.32 Å². The molecule has 1 atom stereocenters. The predicted octanol–water partition coefficient (Wildman–Crippen LogP) is 3.41. The number of rotatable bonds is 7. The van der Waals surface area contributed by atoms with Crippen molar-refractivity contribution >= 4 is 6.03 Å². The van der Waals surface area contributed by atoms with E-state index in [1.54, 1.807) is 7.11 Å². The Morgan fingerprint density at radius 2 is 2.00 bits per heavy atom. The molecule has 1 aromatic rings. The molecule has 1 aliphatic carbocycles. The second-order valence-corrected chi connectivity index (χ2v) is 8.28. The normalized spacial score (nSPS) is 21.7. The highest BCUT2D eigenvalue weighted by Crippen LogP contribution is 2.40. The van der Waals surface area contributed by atoms with Gasteiger partial charge < -0.3 is 19.9 Å². The van der Waals surface area contributed by atoms with Gasteiger partial charge in [0, 0.05) is 32.2 Å². The fourth-order valence-electron chi connectivity index (χ4n) is 4.29. The van der Waals surface area contributed by atoms with Gasteiger partial charge in [0.05, 0.1) is 12.6 Å². The predicted molar refractivity (Wildman–Crippen MR) is 104 cm³/mol. The maximum atomic E-state index is 12.8. The minimum atomic E-state index is 0.0762. The average Bonchev–Trinajstić information content (AvgIpc) is 3.07. The summed E-state index contributed by atoms with van der Waals surface area (Å²) in [6, 6.07) is 9.02. The van der Waals surface area contributed by atoms with Crippen LogP contribution in [-0.4, -0.2) is 56.7 Å². The lowest BCUT2D eigenvalue weighted by molar-refractivity contribution is 0.0189. The molecule has 0 unspecified atom stereocenters. The zero-order valence-corrected chi connectivity index (χ0v) is 16.5. The van der Waals surface area contributed by atoms with Crippen LogP contribution in [0.5, 0.6) is 0 Å². The third-order valence-electron chi connectivity index (χ3n) is 5.86. The zero-order valence-electron chi connectivity index (χ0n) is 16.5. The summed E-state index contributed by atoms with van der Waals surface area (Å²) in [7, 11) is 5.91. The second kappa shape index (κ2) is 8.40. The number of carbonyl (C=O) groups is 1. The van der Waals surface area contributed by atoms with Crippen LogP contribution in [-0.2, 0) is 11.3 Å². The van der Waals surface area contributed by atoms with Gasteiger partial charge in [-0.1, -0.05) is 30.7 Å². The number of methoxy groups -OCH3 is 1. The van der Waals surface area contributed by atoms with E-state index < -0.39 is 0 Å². The number of benzene rings is 1. The second-order valence-electron chi connectivity index (χ2n) is 8.28. The fourth-order valence-corrected chi connectivity index (χ4v) is 4.29. The van der Waals surface area contributed by atoms with Gasteiger partial charge in [-0.15, -0.1) is 0 Å². The molecular formula is C21H33N3O2. The van der Waals surface area contributed by atoms with Crippen molar-refractivity contribution in [2.75, 3.05) is 40.9 Å². The first-order valence-electron chi connectivity index (χ1n) is 9.80. The Kier molecular flexibility index (Phi) is 6.20. The monoisotopic (exact) mass is 359 g/mol. The smallest absolute Gasteiger partial charge is 0.317 e. The van der Waals surface area contributed by atoms with Gasteiger partial charge in [-0.25, -0.2) is 4.79 Å². The van der Waals surface area contributed by atoms with Gasteiger partial charge >= 0.3 is 6.03 Å². The molecule has 1 aromatic carbocycles. The van der Waals surface area contributed by atoms with Gasteiger partial charge in [0.2, 0.25) is 0 Å². The lowest BCUT2D eigenvalue weighted by Gasteiger charge is -2.41. The first-order valence-corrected chi connectivity index (χ1v) is 9.80. The Morgan fingerprint density at radius 3 is 2.58 bits per heavy atom. The van der Waals surface area contributed by atoms with Crippen molar-refractivity contribution in [1.82, 2.24) is 15.1 Å². The van der Waals surface area contributed by atoms with E-state index in [2.05, 4.69) is 48.6 Å². The van der Waals surface area contributed by atoms with Crippen molar-refractivity contribution in [2.45, 2.75) is 44.7 Å². The first-order chi connectivity index (χ1) is 12.5. The number of urea groups is 1. The number of nitrogens with one attached hydrogen (secondary N) is 1. The van der Waals surface area contributed by atoms with E-state index in [0.717, 1.165) is 51.9 Å². The van der Waals surface area contributed by atoms with E-state index in [4.69, 9.17) is 4.74 Å². The Bertz CT molecular complexity index is 596. The minimum absolute atomic E-state index is 0.0762. The van der Waals surface area contributed by atoms with E-state index in [1.165, 1.54) is 17.5 Å². The van der Waals surface area contributed by atoms with Crippen LogP contribution in [0, 0.1) is 5.41 Å². The quantitative estimate of drug-likeness (QED) is 0.811. The molecule has 1 heterocycles. The van der Waals surface area contributed by atoms with Gasteiger partial charge in [-0.3, -0.25) is 0 Å². The van der Waals surface area contributed by atoms with Crippen molar-refractivity contribution in [3.05, 3.63) is 35.4 Å². The number of nitrogens with zero attached hydrogens (tertiary/aromatic N) is 2. The van der Waals surface area contributed by atoms with Gasteiger partial charge in [-0.05, 0) is 50.9 Å². The highest BCUT2D eigenvalue weighted by Gasteiger charge is 2.38. The van der Waals surface area contributed by atoms with E-state index in [0.29, 0.717) is 0 Å². The third kappa shape index (κ3) is 4.38. The number of carbonyl (C=O) groups excluding carboxylic acids is 1. The molecule has 5 nitrogen and oxygen atoms in total. The summed E-state index contributed by atoms with van der Waals surface area (Å²) < 4.78 is 5.37. The molecule has 1 saturated heterocycles. The van der Waals surface area contributed by atoms with E-state index in [1.807, 2.05) is 4.90 Å². The topological polar surface area (TPSA) is 44.8 Å². The van der Waals surface area contributed by atoms with Crippen LogP contribution in [0.25, 0.3) is 0 Å². The summed E-state index contributed by atoms with van der Waals surface area (Å²) in [4.78, 5) is 17.0. The molecule has 3 rings (SSSR count). The molecule has 1 N–H and O–H groups in total. The summed E-state index contributed by atoms with van der Waals surface area (Å²) in [5.41, 5.74) is 2.71. The van der Waals surface area contributed by atoms with E-state index in [9.17, 15) is 4.79 Å². The van der Waals surface area contributed by atoms with E-state index in [-0.39, 0.29) is 17.5 Å². The third-order valence-corrected chi connectivity index (χ3v) is 5.86. The molecule has 144 valence electrons. The molecule has 0 spiro atoms. The molecule has 0 bridgehead atoms. The lowest BCUT2D eigenvalue weighted by atomic mass is 9.69. The molecule has 2 fully saturated rings. The Labute approximate surface area is 157 Å². The average molecular weight is 360 g/mol. The van der Waals surface area contributed by atoms with Crippen LogP contribution in [0.3, 0.4) is 0 Å². The number of amides is 2. The molecule has 0 radical (unpaired) electrons. The highest BCUT2D eigenvalue weighted by atomic mass is 16.5.